The van der Waals surface area contributed by atoms with Crippen LogP contribution in [0.15, 0.2) is 24.3 Å². The van der Waals surface area contributed by atoms with Gasteiger partial charge in [0, 0.05) is 25.2 Å². The summed E-state index contributed by atoms with van der Waals surface area (Å²) in [4.78, 5) is 7.36. The SMILES string of the molecule is CC.CC.N#CNc1nc2ccccc2n1C1CCN(C2CCCCCCC2)CC1. The van der Waals surface area contributed by atoms with Crippen molar-refractivity contribution in [3.05, 3.63) is 24.3 Å². The van der Waals surface area contributed by atoms with Crippen LogP contribution in [0.2, 0.25) is 0 Å². The predicted octanol–water partition coefficient (Wildman–Crippen LogP) is 6.73. The highest BCUT2D eigenvalue weighted by Crippen LogP contribution is 2.33. The van der Waals surface area contributed by atoms with E-state index in [1.54, 1.807) is 0 Å². The molecule has 5 heteroatoms. The number of benzene rings is 1. The number of piperidine rings is 1. The Bertz CT molecular complexity index is 759. The lowest BCUT2D eigenvalue weighted by Gasteiger charge is -2.39. The van der Waals surface area contributed by atoms with Crippen LogP contribution in [0.3, 0.4) is 0 Å². The number of nitriles is 1. The van der Waals surface area contributed by atoms with Gasteiger partial charge in [0.05, 0.1) is 11.0 Å². The normalized spacial score (nSPS) is 18.8. The Morgan fingerprint density at radius 2 is 1.47 bits per heavy atom. The average Bonchev–Trinajstić information content (AvgIpc) is 3.15. The van der Waals surface area contributed by atoms with Crippen molar-refractivity contribution in [3.63, 3.8) is 0 Å². The zero-order valence-electron chi connectivity index (χ0n) is 19.5. The van der Waals surface area contributed by atoms with Crippen molar-refractivity contribution in [1.82, 2.24) is 14.5 Å². The van der Waals surface area contributed by atoms with E-state index in [1.807, 2.05) is 39.8 Å². The first-order valence-electron chi connectivity index (χ1n) is 12.2. The molecule has 2 fully saturated rings. The Hall–Kier alpha value is -2.06. The highest BCUT2D eigenvalue weighted by molar-refractivity contribution is 5.79. The number of anilines is 1. The summed E-state index contributed by atoms with van der Waals surface area (Å²) in [6, 6.07) is 9.41. The predicted molar refractivity (Wildman–Crippen MR) is 128 cm³/mol. The molecule has 1 N–H and O–H groups in total. The van der Waals surface area contributed by atoms with Gasteiger partial charge in [-0.3, -0.25) is 5.32 Å². The van der Waals surface area contributed by atoms with E-state index in [4.69, 9.17) is 5.26 Å². The maximum absolute atomic E-state index is 9.11. The molecule has 1 saturated heterocycles. The number of aromatic nitrogens is 2. The second-order valence-electron chi connectivity index (χ2n) is 7.80. The second kappa shape index (κ2) is 13.3. The van der Waals surface area contributed by atoms with Crippen molar-refractivity contribution >= 4 is 17.0 Å². The van der Waals surface area contributed by atoms with Crippen molar-refractivity contribution in [3.8, 4) is 6.19 Å². The van der Waals surface area contributed by atoms with E-state index in [-0.39, 0.29) is 0 Å². The quantitative estimate of drug-likeness (QED) is 0.449. The minimum Gasteiger partial charge on any atom is -0.306 e. The molecular formula is C25H41N5. The average molecular weight is 412 g/mol. The number of fused-ring (bicyclic) bond motifs is 1. The maximum atomic E-state index is 9.11. The lowest BCUT2D eigenvalue weighted by atomic mass is 9.93. The molecule has 2 aromatic rings. The number of likely N-dealkylation sites (tertiary alicyclic amines) is 1. The van der Waals surface area contributed by atoms with Gasteiger partial charge in [0.2, 0.25) is 5.95 Å². The van der Waals surface area contributed by atoms with Crippen LogP contribution in [-0.4, -0.2) is 33.6 Å². The molecule has 1 aromatic heterocycles. The molecule has 4 rings (SSSR count). The first-order valence-corrected chi connectivity index (χ1v) is 12.2. The van der Waals surface area contributed by atoms with Crippen molar-refractivity contribution in [2.24, 2.45) is 0 Å². The minimum atomic E-state index is 0.419. The molecule has 1 saturated carbocycles. The van der Waals surface area contributed by atoms with Crippen LogP contribution in [0.4, 0.5) is 5.95 Å². The highest BCUT2D eigenvalue weighted by Gasteiger charge is 2.28. The molecule has 0 spiro atoms. The molecule has 1 aliphatic heterocycles. The zero-order valence-corrected chi connectivity index (χ0v) is 19.5. The van der Waals surface area contributed by atoms with Gasteiger partial charge in [0.25, 0.3) is 0 Å². The smallest absolute Gasteiger partial charge is 0.217 e. The van der Waals surface area contributed by atoms with Gasteiger partial charge in [-0.15, -0.1) is 0 Å². The third kappa shape index (κ3) is 5.98. The van der Waals surface area contributed by atoms with Crippen molar-refractivity contribution in [2.75, 3.05) is 18.4 Å². The van der Waals surface area contributed by atoms with E-state index in [0.717, 1.165) is 43.0 Å². The molecule has 2 aliphatic rings. The molecule has 0 atom stereocenters. The van der Waals surface area contributed by atoms with Crippen LogP contribution in [-0.2, 0) is 0 Å². The molecule has 0 radical (unpaired) electrons. The third-order valence-electron chi connectivity index (χ3n) is 6.22. The fourth-order valence-electron chi connectivity index (χ4n) is 4.86. The molecular weight excluding hydrogens is 370 g/mol. The summed E-state index contributed by atoms with van der Waals surface area (Å²) in [7, 11) is 0. The summed E-state index contributed by atoms with van der Waals surface area (Å²) in [6.45, 7) is 10.3. The van der Waals surface area contributed by atoms with E-state index in [1.165, 1.54) is 44.9 Å². The third-order valence-corrected chi connectivity index (χ3v) is 6.22. The molecule has 0 amide bonds. The molecule has 2 heterocycles. The van der Waals surface area contributed by atoms with Crippen LogP contribution in [0, 0.1) is 11.5 Å². The summed E-state index contributed by atoms with van der Waals surface area (Å²) in [5.74, 6) is 0.693. The number of rotatable bonds is 3. The fourth-order valence-corrected chi connectivity index (χ4v) is 4.86. The van der Waals surface area contributed by atoms with E-state index in [0.29, 0.717) is 12.0 Å². The highest BCUT2D eigenvalue weighted by atomic mass is 15.2. The molecule has 1 aromatic carbocycles. The second-order valence-corrected chi connectivity index (χ2v) is 7.80. The summed E-state index contributed by atoms with van der Waals surface area (Å²) < 4.78 is 2.26. The summed E-state index contributed by atoms with van der Waals surface area (Å²) >= 11 is 0. The number of hydrogen-bond acceptors (Lipinski definition) is 4. The van der Waals surface area contributed by atoms with Gasteiger partial charge in [-0.1, -0.05) is 71.9 Å². The Kier molecular flexibility index (Phi) is 10.7. The van der Waals surface area contributed by atoms with E-state index in [9.17, 15) is 0 Å². The van der Waals surface area contributed by atoms with Crippen molar-refractivity contribution < 1.29 is 0 Å². The van der Waals surface area contributed by atoms with E-state index in [2.05, 4.69) is 38.1 Å². The largest absolute Gasteiger partial charge is 0.306 e. The molecule has 0 unspecified atom stereocenters. The summed E-state index contributed by atoms with van der Waals surface area (Å²) in [6.07, 6.45) is 14.1. The number of imidazole rings is 1. The summed E-state index contributed by atoms with van der Waals surface area (Å²) in [5.41, 5.74) is 2.10. The van der Waals surface area contributed by atoms with Crippen LogP contribution in [0.5, 0.6) is 0 Å². The van der Waals surface area contributed by atoms with Gasteiger partial charge in [-0.2, -0.15) is 5.26 Å². The zero-order chi connectivity index (χ0) is 21.8. The molecule has 1 aliphatic carbocycles. The number of nitrogens with zero attached hydrogens (tertiary/aromatic N) is 4. The van der Waals surface area contributed by atoms with Gasteiger partial charge in [0.15, 0.2) is 6.19 Å². The van der Waals surface area contributed by atoms with Crippen LogP contribution in [0.1, 0.15) is 91.5 Å². The molecule has 0 bridgehead atoms. The first-order chi connectivity index (χ1) is 14.9. The Morgan fingerprint density at radius 1 is 0.867 bits per heavy atom. The van der Waals surface area contributed by atoms with Crippen LogP contribution < -0.4 is 5.32 Å². The fraction of sp³-hybridized carbons (Fsp3) is 0.680. The monoisotopic (exact) mass is 411 g/mol. The Labute approximate surface area is 183 Å². The number of para-hydroxylation sites is 2. The molecule has 5 nitrogen and oxygen atoms in total. The van der Waals surface area contributed by atoms with Gasteiger partial charge in [0.1, 0.15) is 0 Å². The lowest BCUT2D eigenvalue weighted by Crippen LogP contribution is -2.42. The van der Waals surface area contributed by atoms with E-state index >= 15 is 0 Å². The summed E-state index contributed by atoms with van der Waals surface area (Å²) in [5, 5.41) is 11.9. The lowest BCUT2D eigenvalue weighted by molar-refractivity contribution is 0.117. The van der Waals surface area contributed by atoms with Gasteiger partial charge < -0.3 is 9.47 Å². The Morgan fingerprint density at radius 3 is 2.10 bits per heavy atom. The molecule has 30 heavy (non-hydrogen) atoms. The van der Waals surface area contributed by atoms with Gasteiger partial charge >= 0.3 is 0 Å². The Balaban J connectivity index is 0.000000757. The van der Waals surface area contributed by atoms with Gasteiger partial charge in [-0.05, 0) is 37.8 Å². The number of nitrogens with one attached hydrogen (secondary N) is 1. The van der Waals surface area contributed by atoms with Crippen LogP contribution >= 0.6 is 0 Å². The first kappa shape index (κ1) is 24.2. The standard InChI is InChI=1S/C21H29N5.2C2H6/c22-16-23-21-24-19-10-6-7-11-20(19)26(21)18-12-14-25(15-13-18)17-8-4-2-1-3-5-9-17;2*1-2/h6-7,10-11,17-18H,1-5,8-9,12-15H2,(H,23,24);2*1-2H3. The number of hydrogen-bond donors (Lipinski definition) is 1. The van der Waals surface area contributed by atoms with Crippen molar-refractivity contribution in [1.29, 1.82) is 5.26 Å². The molecule has 166 valence electrons. The van der Waals surface area contributed by atoms with E-state index < -0.39 is 0 Å². The minimum absolute atomic E-state index is 0.419. The van der Waals surface area contributed by atoms with Crippen molar-refractivity contribution in [2.45, 2.75) is 97.6 Å². The maximum Gasteiger partial charge on any atom is 0.217 e. The topological polar surface area (TPSA) is 56.9 Å². The van der Waals surface area contributed by atoms with Gasteiger partial charge in [-0.25, -0.2) is 4.98 Å². The van der Waals surface area contributed by atoms with Crippen LogP contribution in [0.25, 0.3) is 11.0 Å².